The molecular weight excluding hydrogens is 344 g/mol. The van der Waals surface area contributed by atoms with E-state index in [1.807, 2.05) is 30.2 Å². The first-order valence-corrected chi connectivity index (χ1v) is 9.72. The summed E-state index contributed by atoms with van der Waals surface area (Å²) in [4.78, 5) is 22.2. The molecule has 1 amide bonds. The first-order chi connectivity index (χ1) is 13.2. The molecule has 2 aliphatic rings. The zero-order valence-electron chi connectivity index (χ0n) is 16.2. The van der Waals surface area contributed by atoms with Gasteiger partial charge in [0.1, 0.15) is 5.65 Å². The number of ether oxygens (including phenoxy) is 2. The van der Waals surface area contributed by atoms with Crippen LogP contribution in [0.1, 0.15) is 28.2 Å². The maximum Gasteiger partial charge on any atom is 0.274 e. The van der Waals surface area contributed by atoms with Gasteiger partial charge in [-0.3, -0.25) is 9.69 Å². The molecule has 0 aromatic carbocycles. The van der Waals surface area contributed by atoms with Gasteiger partial charge in [-0.1, -0.05) is 6.07 Å². The van der Waals surface area contributed by atoms with Crippen LogP contribution >= 0.6 is 0 Å². The van der Waals surface area contributed by atoms with Crippen LogP contribution in [0.4, 0.5) is 0 Å². The maximum absolute atomic E-state index is 13.2. The lowest BCUT2D eigenvalue weighted by molar-refractivity contribution is 0.0298. The maximum atomic E-state index is 13.2. The molecule has 2 aromatic heterocycles. The Kier molecular flexibility index (Phi) is 5.43. The van der Waals surface area contributed by atoms with Crippen LogP contribution in [0.25, 0.3) is 5.65 Å². The number of hydrogen-bond donors (Lipinski definition) is 0. The summed E-state index contributed by atoms with van der Waals surface area (Å²) in [5, 5.41) is 0. The summed E-state index contributed by atoms with van der Waals surface area (Å²) in [6.07, 6.45) is 3.15. The molecule has 4 rings (SSSR count). The minimum Gasteiger partial charge on any atom is -0.384 e. The molecule has 0 saturated carbocycles. The molecule has 0 N–H and O–H groups in total. The fraction of sp³-hybridized carbons (Fsp3) is 0.600. The van der Waals surface area contributed by atoms with Gasteiger partial charge in [-0.05, 0) is 37.4 Å². The summed E-state index contributed by atoms with van der Waals surface area (Å²) in [5.41, 5.74) is 3.53. The summed E-state index contributed by atoms with van der Waals surface area (Å²) < 4.78 is 12.8. The highest BCUT2D eigenvalue weighted by Crippen LogP contribution is 2.23. The Labute approximate surface area is 159 Å². The van der Waals surface area contributed by atoms with Crippen LogP contribution in [-0.2, 0) is 16.0 Å². The standard InChI is InChI=1S/C20H28N4O3/c1-15-4-3-6-24-17(13-22-7-5-16(12-22)14-26-2)18(21-19(15)24)20(25)23-8-10-27-11-9-23/h3-4,6,16H,5,7-14H2,1-2H3/t16-/m0/s1. The number of morpholine rings is 1. The number of hydrogen-bond acceptors (Lipinski definition) is 5. The monoisotopic (exact) mass is 372 g/mol. The third kappa shape index (κ3) is 3.72. The molecule has 2 aliphatic heterocycles. The van der Waals surface area contributed by atoms with Crippen molar-refractivity contribution in [2.24, 2.45) is 5.92 Å². The van der Waals surface area contributed by atoms with Crippen molar-refractivity contribution in [3.05, 3.63) is 35.3 Å². The third-order valence-electron chi connectivity index (χ3n) is 5.59. The lowest BCUT2D eigenvalue weighted by atomic mass is 10.1. The Morgan fingerprint density at radius 1 is 1.33 bits per heavy atom. The molecule has 4 heterocycles. The summed E-state index contributed by atoms with van der Waals surface area (Å²) in [5.74, 6) is 0.582. The van der Waals surface area contributed by atoms with E-state index in [2.05, 4.69) is 9.30 Å². The number of amides is 1. The Hall–Kier alpha value is -1.96. The molecule has 0 bridgehead atoms. The summed E-state index contributed by atoms with van der Waals surface area (Å²) >= 11 is 0. The normalized spacial score (nSPS) is 21.3. The lowest BCUT2D eigenvalue weighted by Crippen LogP contribution is -2.41. The largest absolute Gasteiger partial charge is 0.384 e. The number of rotatable bonds is 5. The van der Waals surface area contributed by atoms with Crippen molar-refractivity contribution in [1.29, 1.82) is 0 Å². The molecule has 0 radical (unpaired) electrons. The number of aromatic nitrogens is 2. The second kappa shape index (κ2) is 7.96. The van der Waals surface area contributed by atoms with Crippen LogP contribution < -0.4 is 0 Å². The Balaban J connectivity index is 1.65. The van der Waals surface area contributed by atoms with Crippen LogP contribution in [0, 0.1) is 12.8 Å². The van der Waals surface area contributed by atoms with Crippen LogP contribution in [0.5, 0.6) is 0 Å². The molecule has 7 heteroatoms. The van der Waals surface area contributed by atoms with Crippen LogP contribution in [0.2, 0.25) is 0 Å². The molecular formula is C20H28N4O3. The molecule has 27 heavy (non-hydrogen) atoms. The van der Waals surface area contributed by atoms with Crippen LogP contribution in [0.3, 0.4) is 0 Å². The molecule has 1 atom stereocenters. The van der Waals surface area contributed by atoms with Crippen molar-refractivity contribution in [2.45, 2.75) is 19.9 Å². The van der Waals surface area contributed by atoms with Crippen molar-refractivity contribution in [1.82, 2.24) is 19.2 Å². The predicted octanol–water partition coefficient (Wildman–Crippen LogP) is 1.58. The molecule has 2 fully saturated rings. The van der Waals surface area contributed by atoms with E-state index in [1.54, 1.807) is 7.11 Å². The van der Waals surface area contributed by atoms with Crippen molar-refractivity contribution in [3.63, 3.8) is 0 Å². The topological polar surface area (TPSA) is 59.3 Å². The number of carbonyl (C=O) groups is 1. The minimum atomic E-state index is 0.0176. The number of carbonyl (C=O) groups excluding carboxylic acids is 1. The number of methoxy groups -OCH3 is 1. The highest BCUT2D eigenvalue weighted by Gasteiger charge is 2.29. The summed E-state index contributed by atoms with van der Waals surface area (Å²) in [7, 11) is 1.76. The first-order valence-electron chi connectivity index (χ1n) is 9.72. The zero-order valence-corrected chi connectivity index (χ0v) is 16.2. The summed E-state index contributed by atoms with van der Waals surface area (Å²) in [6, 6.07) is 4.06. The van der Waals surface area contributed by atoms with Crippen molar-refractivity contribution >= 4 is 11.6 Å². The Bertz CT molecular complexity index is 813. The number of aryl methyl sites for hydroxylation is 1. The highest BCUT2D eigenvalue weighted by molar-refractivity contribution is 5.94. The highest BCUT2D eigenvalue weighted by atomic mass is 16.5. The Morgan fingerprint density at radius 3 is 2.93 bits per heavy atom. The van der Waals surface area contributed by atoms with Gasteiger partial charge in [0.05, 0.1) is 25.5 Å². The molecule has 146 valence electrons. The molecule has 7 nitrogen and oxygen atoms in total. The van der Waals surface area contributed by atoms with E-state index < -0.39 is 0 Å². The smallest absolute Gasteiger partial charge is 0.274 e. The first kappa shape index (κ1) is 18.4. The fourth-order valence-electron chi connectivity index (χ4n) is 4.13. The van der Waals surface area contributed by atoms with Gasteiger partial charge < -0.3 is 18.8 Å². The Morgan fingerprint density at radius 2 is 2.15 bits per heavy atom. The van der Waals surface area contributed by atoms with Crippen molar-refractivity contribution in [2.75, 3.05) is 53.1 Å². The quantitative estimate of drug-likeness (QED) is 0.798. The molecule has 2 aromatic rings. The summed E-state index contributed by atoms with van der Waals surface area (Å²) in [6.45, 7) is 8.04. The number of imidazole rings is 1. The van der Waals surface area contributed by atoms with E-state index in [9.17, 15) is 4.79 Å². The molecule has 0 aliphatic carbocycles. The zero-order chi connectivity index (χ0) is 18.8. The van der Waals surface area contributed by atoms with Crippen molar-refractivity contribution < 1.29 is 14.3 Å². The number of fused-ring (bicyclic) bond motifs is 1. The molecule has 0 unspecified atom stereocenters. The van der Waals surface area contributed by atoms with E-state index in [0.717, 1.165) is 49.6 Å². The fourth-order valence-corrected chi connectivity index (χ4v) is 4.13. The van der Waals surface area contributed by atoms with E-state index in [1.165, 1.54) is 0 Å². The van der Waals surface area contributed by atoms with E-state index in [0.29, 0.717) is 37.9 Å². The third-order valence-corrected chi connectivity index (χ3v) is 5.59. The van der Waals surface area contributed by atoms with Gasteiger partial charge in [0.15, 0.2) is 5.69 Å². The predicted molar refractivity (Wildman–Crippen MR) is 102 cm³/mol. The van der Waals surface area contributed by atoms with Gasteiger partial charge >= 0.3 is 0 Å². The van der Waals surface area contributed by atoms with Crippen LogP contribution in [0.15, 0.2) is 18.3 Å². The number of pyridine rings is 1. The van der Waals surface area contributed by atoms with E-state index in [4.69, 9.17) is 14.5 Å². The van der Waals surface area contributed by atoms with Crippen LogP contribution in [-0.4, -0.2) is 78.2 Å². The van der Waals surface area contributed by atoms with E-state index >= 15 is 0 Å². The van der Waals surface area contributed by atoms with Gasteiger partial charge in [0.2, 0.25) is 0 Å². The lowest BCUT2D eigenvalue weighted by Gasteiger charge is -2.26. The van der Waals surface area contributed by atoms with Gasteiger partial charge in [-0.25, -0.2) is 4.98 Å². The minimum absolute atomic E-state index is 0.0176. The van der Waals surface area contributed by atoms with Gasteiger partial charge in [0.25, 0.3) is 5.91 Å². The van der Waals surface area contributed by atoms with E-state index in [-0.39, 0.29) is 5.91 Å². The molecule has 2 saturated heterocycles. The van der Waals surface area contributed by atoms with Gasteiger partial charge in [-0.2, -0.15) is 0 Å². The van der Waals surface area contributed by atoms with Crippen molar-refractivity contribution in [3.8, 4) is 0 Å². The van der Waals surface area contributed by atoms with Gasteiger partial charge in [0, 0.05) is 39.5 Å². The molecule has 0 spiro atoms. The second-order valence-electron chi connectivity index (χ2n) is 7.54. The average molecular weight is 372 g/mol. The SMILES string of the molecule is COC[C@H]1CCN(Cc2c(C(=O)N3CCOCC3)nc3c(C)cccn23)C1. The van der Waals surface area contributed by atoms with Gasteiger partial charge in [-0.15, -0.1) is 0 Å². The number of likely N-dealkylation sites (tertiary alicyclic amines) is 1. The second-order valence-corrected chi connectivity index (χ2v) is 7.54. The average Bonchev–Trinajstić information content (AvgIpc) is 3.28. The number of nitrogens with zero attached hydrogens (tertiary/aromatic N) is 4.